The molecule has 1 atom stereocenters. The maximum Gasteiger partial charge on any atom is 0.323 e. The van der Waals surface area contributed by atoms with E-state index in [4.69, 9.17) is 4.74 Å². The number of ether oxygens (including phenoxy) is 1. The van der Waals surface area contributed by atoms with Crippen LogP contribution in [0.25, 0.3) is 0 Å². The minimum absolute atomic E-state index is 0.134. The summed E-state index contributed by atoms with van der Waals surface area (Å²) in [6.45, 7) is 0. The Morgan fingerprint density at radius 3 is 2.16 bits per heavy atom. The van der Waals surface area contributed by atoms with Crippen LogP contribution in [0.15, 0.2) is 83.8 Å². The minimum atomic E-state index is -0.496. The molecule has 4 rings (SSSR count). The molecule has 0 saturated carbocycles. The van der Waals surface area contributed by atoms with Gasteiger partial charge < -0.3 is 15.4 Å². The third-order valence-electron chi connectivity index (χ3n) is 4.86. The summed E-state index contributed by atoms with van der Waals surface area (Å²) in [5.74, 6) is 0.188. The van der Waals surface area contributed by atoms with Gasteiger partial charge in [-0.3, -0.25) is 9.59 Å². The summed E-state index contributed by atoms with van der Waals surface area (Å²) in [5, 5.41) is 5.02. The Morgan fingerprint density at radius 2 is 1.53 bits per heavy atom. The molecule has 1 heterocycles. The van der Waals surface area contributed by atoms with Crippen molar-refractivity contribution in [2.75, 3.05) is 22.6 Å². The van der Waals surface area contributed by atoms with Gasteiger partial charge in [0.1, 0.15) is 5.75 Å². The number of carbonyl (C=O) groups is 3. The van der Waals surface area contributed by atoms with Crippen molar-refractivity contribution in [3.05, 3.63) is 78.9 Å². The molecule has 4 amide bonds. The lowest BCUT2D eigenvalue weighted by atomic mass is 10.3. The summed E-state index contributed by atoms with van der Waals surface area (Å²) in [5.41, 5.74) is 1.85. The molecule has 8 heteroatoms. The Hall–Kier alpha value is -3.78. The summed E-state index contributed by atoms with van der Waals surface area (Å²) < 4.78 is 5.13. The van der Waals surface area contributed by atoms with Gasteiger partial charge in [-0.25, -0.2) is 9.69 Å². The Balaban J connectivity index is 1.36. The van der Waals surface area contributed by atoms with Crippen LogP contribution in [0.2, 0.25) is 0 Å². The topological polar surface area (TPSA) is 87.7 Å². The van der Waals surface area contributed by atoms with Crippen molar-refractivity contribution in [3.63, 3.8) is 0 Å². The van der Waals surface area contributed by atoms with Crippen LogP contribution in [-0.2, 0) is 9.59 Å². The van der Waals surface area contributed by atoms with Crippen molar-refractivity contribution in [2.45, 2.75) is 16.6 Å². The van der Waals surface area contributed by atoms with E-state index in [0.717, 1.165) is 4.90 Å². The highest BCUT2D eigenvalue weighted by Crippen LogP contribution is 2.34. The van der Waals surface area contributed by atoms with Crippen LogP contribution in [-0.4, -0.2) is 30.2 Å². The molecular weight excluding hydrogens is 426 g/mol. The first-order valence-corrected chi connectivity index (χ1v) is 10.8. The van der Waals surface area contributed by atoms with E-state index in [9.17, 15) is 14.4 Å². The fourth-order valence-corrected chi connectivity index (χ4v) is 4.35. The zero-order valence-corrected chi connectivity index (χ0v) is 18.1. The van der Waals surface area contributed by atoms with Gasteiger partial charge in [-0.1, -0.05) is 18.2 Å². The van der Waals surface area contributed by atoms with Gasteiger partial charge in [-0.05, 0) is 60.7 Å². The number of carbonyl (C=O) groups excluding carboxylic acids is 3. The minimum Gasteiger partial charge on any atom is -0.497 e. The number of hydrogen-bond acceptors (Lipinski definition) is 5. The van der Waals surface area contributed by atoms with E-state index in [1.807, 2.05) is 30.3 Å². The molecule has 32 heavy (non-hydrogen) atoms. The van der Waals surface area contributed by atoms with Crippen LogP contribution < -0.4 is 20.3 Å². The van der Waals surface area contributed by atoms with Gasteiger partial charge in [0.05, 0.1) is 18.0 Å². The van der Waals surface area contributed by atoms with Gasteiger partial charge in [0.15, 0.2) is 0 Å². The van der Waals surface area contributed by atoms with Crippen LogP contribution in [0.3, 0.4) is 0 Å². The highest BCUT2D eigenvalue weighted by molar-refractivity contribution is 8.00. The van der Waals surface area contributed by atoms with Crippen molar-refractivity contribution in [2.24, 2.45) is 0 Å². The number of rotatable bonds is 6. The second kappa shape index (κ2) is 9.57. The molecule has 1 aliphatic rings. The van der Waals surface area contributed by atoms with E-state index in [1.54, 1.807) is 55.6 Å². The number of urea groups is 1. The fraction of sp³-hybridized carbons (Fsp3) is 0.125. The van der Waals surface area contributed by atoms with Gasteiger partial charge in [-0.2, -0.15) is 0 Å². The standard InChI is InChI=1S/C24H21N3O4S/c1-31-19-11-9-18(10-12-19)27-22(28)15-21(23(27)29)32-20-13-7-17(8-14-20)26-24(30)25-16-5-3-2-4-6-16/h2-14,21H,15H2,1H3,(H2,25,26,30)/t21-/m0/s1. The first-order chi connectivity index (χ1) is 15.5. The van der Waals surface area contributed by atoms with E-state index in [0.29, 0.717) is 22.8 Å². The molecule has 7 nitrogen and oxygen atoms in total. The average molecular weight is 448 g/mol. The van der Waals surface area contributed by atoms with E-state index < -0.39 is 5.25 Å². The number of methoxy groups -OCH3 is 1. The van der Waals surface area contributed by atoms with Crippen LogP contribution in [0.1, 0.15) is 6.42 Å². The van der Waals surface area contributed by atoms with Crippen molar-refractivity contribution in [3.8, 4) is 5.75 Å². The molecule has 0 aromatic heterocycles. The van der Waals surface area contributed by atoms with E-state index in [-0.39, 0.29) is 24.3 Å². The lowest BCUT2D eigenvalue weighted by Crippen LogP contribution is -2.31. The zero-order valence-electron chi connectivity index (χ0n) is 17.3. The van der Waals surface area contributed by atoms with E-state index in [2.05, 4.69) is 10.6 Å². The SMILES string of the molecule is COc1ccc(N2C(=O)C[C@H](Sc3ccc(NC(=O)Nc4ccccc4)cc3)C2=O)cc1. The van der Waals surface area contributed by atoms with Crippen molar-refractivity contribution in [1.29, 1.82) is 0 Å². The Labute approximate surface area is 189 Å². The van der Waals surface area contributed by atoms with Gasteiger partial charge in [0, 0.05) is 22.7 Å². The molecular formula is C24H21N3O4S. The number of anilines is 3. The highest BCUT2D eigenvalue weighted by atomic mass is 32.2. The zero-order chi connectivity index (χ0) is 22.5. The van der Waals surface area contributed by atoms with Crippen molar-refractivity contribution < 1.29 is 19.1 Å². The predicted molar refractivity (Wildman–Crippen MR) is 125 cm³/mol. The third kappa shape index (κ3) is 4.92. The highest BCUT2D eigenvalue weighted by Gasteiger charge is 2.40. The monoisotopic (exact) mass is 447 g/mol. The molecule has 162 valence electrons. The summed E-state index contributed by atoms with van der Waals surface area (Å²) >= 11 is 1.33. The number of nitrogens with zero attached hydrogens (tertiary/aromatic N) is 1. The lowest BCUT2D eigenvalue weighted by Gasteiger charge is -2.15. The van der Waals surface area contributed by atoms with Crippen LogP contribution in [0.4, 0.5) is 21.9 Å². The molecule has 0 unspecified atom stereocenters. The van der Waals surface area contributed by atoms with Crippen LogP contribution in [0.5, 0.6) is 5.75 Å². The van der Waals surface area contributed by atoms with Crippen LogP contribution >= 0.6 is 11.8 Å². The smallest absolute Gasteiger partial charge is 0.323 e. The normalized spacial score (nSPS) is 15.5. The number of hydrogen-bond donors (Lipinski definition) is 2. The molecule has 3 aromatic rings. The van der Waals surface area contributed by atoms with E-state index in [1.165, 1.54) is 16.7 Å². The summed E-state index contributed by atoms with van der Waals surface area (Å²) in [6, 6.07) is 22.8. The van der Waals surface area contributed by atoms with Gasteiger partial charge in [-0.15, -0.1) is 11.8 Å². The quantitative estimate of drug-likeness (QED) is 0.532. The molecule has 0 spiro atoms. The first kappa shape index (κ1) is 21.5. The largest absolute Gasteiger partial charge is 0.497 e. The molecule has 1 saturated heterocycles. The van der Waals surface area contributed by atoms with Crippen LogP contribution in [0, 0.1) is 0 Å². The Morgan fingerprint density at radius 1 is 0.906 bits per heavy atom. The van der Waals surface area contributed by atoms with Crippen molar-refractivity contribution >= 4 is 46.7 Å². The fourth-order valence-electron chi connectivity index (χ4n) is 3.29. The maximum atomic E-state index is 12.8. The third-order valence-corrected chi connectivity index (χ3v) is 6.06. The second-order valence-electron chi connectivity index (χ2n) is 7.05. The van der Waals surface area contributed by atoms with E-state index >= 15 is 0 Å². The Bertz CT molecular complexity index is 1120. The molecule has 3 aromatic carbocycles. The van der Waals surface area contributed by atoms with Crippen molar-refractivity contribution in [1.82, 2.24) is 0 Å². The number of amides is 4. The number of thioether (sulfide) groups is 1. The maximum absolute atomic E-state index is 12.8. The lowest BCUT2D eigenvalue weighted by molar-refractivity contribution is -0.121. The second-order valence-corrected chi connectivity index (χ2v) is 8.32. The molecule has 1 fully saturated rings. The summed E-state index contributed by atoms with van der Waals surface area (Å²) in [4.78, 5) is 39.5. The number of imide groups is 1. The molecule has 0 aliphatic carbocycles. The molecule has 0 radical (unpaired) electrons. The van der Waals surface area contributed by atoms with Gasteiger partial charge in [0.25, 0.3) is 0 Å². The first-order valence-electron chi connectivity index (χ1n) is 9.94. The number of benzene rings is 3. The van der Waals surface area contributed by atoms with Gasteiger partial charge >= 0.3 is 6.03 Å². The molecule has 0 bridgehead atoms. The van der Waals surface area contributed by atoms with Gasteiger partial charge in [0.2, 0.25) is 11.8 Å². The summed E-state index contributed by atoms with van der Waals surface area (Å²) in [6.07, 6.45) is 0.134. The predicted octanol–water partition coefficient (Wildman–Crippen LogP) is 4.76. The molecule has 1 aliphatic heterocycles. The average Bonchev–Trinajstić information content (AvgIpc) is 3.08. The summed E-state index contributed by atoms with van der Waals surface area (Å²) in [7, 11) is 1.56. The molecule has 2 N–H and O–H groups in total. The number of nitrogens with one attached hydrogen (secondary N) is 2. The number of para-hydroxylation sites is 1. The Kier molecular flexibility index (Phi) is 6.42.